The highest BCUT2D eigenvalue weighted by Crippen LogP contribution is 2.22. The summed E-state index contributed by atoms with van der Waals surface area (Å²) in [4.78, 5) is 37.2. The zero-order valence-corrected chi connectivity index (χ0v) is 13.6. The predicted molar refractivity (Wildman–Crippen MR) is 83.1 cm³/mol. The first-order valence-electron chi connectivity index (χ1n) is 7.58. The van der Waals surface area contributed by atoms with E-state index in [4.69, 9.17) is 0 Å². The molecule has 1 fully saturated rings. The van der Waals surface area contributed by atoms with E-state index in [2.05, 4.69) is 21.3 Å². The van der Waals surface area contributed by atoms with Crippen LogP contribution in [0.2, 0.25) is 0 Å². The number of likely N-dealkylation sites (tertiary alicyclic amines) is 1. The first kappa shape index (κ1) is 18.4. The summed E-state index contributed by atoms with van der Waals surface area (Å²) in [5.41, 5.74) is 0. The second kappa shape index (κ2) is 9.37. The Hall–Kier alpha value is -1.67. The quantitative estimate of drug-likeness (QED) is 0.379. The van der Waals surface area contributed by atoms with Gasteiger partial charge in [0.2, 0.25) is 17.7 Å². The highest BCUT2D eigenvalue weighted by molar-refractivity contribution is 5.88. The van der Waals surface area contributed by atoms with Crippen molar-refractivity contribution in [3.63, 3.8) is 0 Å². The van der Waals surface area contributed by atoms with Gasteiger partial charge in [-0.25, -0.2) is 0 Å². The minimum absolute atomic E-state index is 0.0818. The average Bonchev–Trinajstić information content (AvgIpc) is 2.85. The molecule has 0 spiro atoms. The molecule has 0 aromatic carbocycles. The Morgan fingerprint density at radius 3 is 1.82 bits per heavy atom. The zero-order valence-electron chi connectivity index (χ0n) is 13.6. The van der Waals surface area contributed by atoms with E-state index < -0.39 is 0 Å². The van der Waals surface area contributed by atoms with Crippen molar-refractivity contribution < 1.29 is 14.4 Å². The lowest BCUT2D eigenvalue weighted by atomic mass is 9.94. The summed E-state index contributed by atoms with van der Waals surface area (Å²) in [7, 11) is 3.72. The molecule has 2 atom stereocenters. The zero-order chi connectivity index (χ0) is 16.5. The lowest BCUT2D eigenvalue weighted by molar-refractivity contribution is -0.132. The Morgan fingerprint density at radius 1 is 0.909 bits per heavy atom. The van der Waals surface area contributed by atoms with E-state index in [1.165, 1.54) is 6.92 Å². The van der Waals surface area contributed by atoms with Crippen LogP contribution in [0.5, 0.6) is 0 Å². The van der Waals surface area contributed by atoms with Crippen LogP contribution >= 0.6 is 0 Å². The lowest BCUT2D eigenvalue weighted by Gasteiger charge is -2.18. The fourth-order valence-electron chi connectivity index (χ4n) is 2.53. The summed E-state index contributed by atoms with van der Waals surface area (Å²) in [6.45, 7) is 4.58. The third-order valence-corrected chi connectivity index (χ3v) is 3.65. The smallest absolute Gasteiger partial charge is 0.225 e. The SMILES string of the molecule is CNCCNC(=O)[C@H]1CN(C)C[C@H]1C(=O)NCCNC(C)=O. The maximum atomic E-state index is 12.2. The van der Waals surface area contributed by atoms with Crippen molar-refractivity contribution in [2.75, 3.05) is 53.4 Å². The summed E-state index contributed by atoms with van der Waals surface area (Å²) in [6.07, 6.45) is 0. The molecule has 0 saturated carbocycles. The van der Waals surface area contributed by atoms with Crippen LogP contribution in [0.25, 0.3) is 0 Å². The van der Waals surface area contributed by atoms with Crippen LogP contribution < -0.4 is 21.3 Å². The second-order valence-corrected chi connectivity index (χ2v) is 5.60. The van der Waals surface area contributed by atoms with Gasteiger partial charge in [0.25, 0.3) is 0 Å². The van der Waals surface area contributed by atoms with Crippen molar-refractivity contribution in [2.45, 2.75) is 6.92 Å². The topological polar surface area (TPSA) is 103 Å². The van der Waals surface area contributed by atoms with E-state index in [0.29, 0.717) is 39.3 Å². The van der Waals surface area contributed by atoms with Crippen LogP contribution in [0.15, 0.2) is 0 Å². The van der Waals surface area contributed by atoms with Crippen LogP contribution in [0, 0.1) is 11.8 Å². The first-order valence-corrected chi connectivity index (χ1v) is 7.58. The molecule has 1 rings (SSSR count). The third kappa shape index (κ3) is 5.98. The van der Waals surface area contributed by atoms with Crippen LogP contribution in [0.1, 0.15) is 6.92 Å². The Balaban J connectivity index is 2.45. The number of nitrogens with one attached hydrogen (secondary N) is 4. The summed E-state index contributed by atoms with van der Waals surface area (Å²) in [6, 6.07) is 0. The predicted octanol–water partition coefficient (Wildman–Crippen LogP) is -2.25. The average molecular weight is 313 g/mol. The molecule has 0 aromatic heterocycles. The molecule has 8 heteroatoms. The van der Waals surface area contributed by atoms with Gasteiger partial charge in [-0.15, -0.1) is 0 Å². The van der Waals surface area contributed by atoms with Crippen LogP contribution in [-0.4, -0.2) is 76.0 Å². The van der Waals surface area contributed by atoms with Crippen LogP contribution in [-0.2, 0) is 14.4 Å². The number of carbonyl (C=O) groups is 3. The standard InChI is InChI=1S/C14H27N5O3/c1-10(20)16-6-7-18-14(22)12-9-19(3)8-11(12)13(21)17-5-4-15-2/h11-12,15H,4-9H2,1-3H3,(H,16,20)(H,17,21)(H,18,22)/t11-,12+/m0/s1. The normalized spacial score (nSPS) is 21.4. The van der Waals surface area contributed by atoms with Gasteiger partial charge in [-0.1, -0.05) is 0 Å². The highest BCUT2D eigenvalue weighted by Gasteiger charge is 2.40. The Morgan fingerprint density at radius 2 is 1.36 bits per heavy atom. The molecule has 22 heavy (non-hydrogen) atoms. The number of rotatable bonds is 8. The van der Waals surface area contributed by atoms with Gasteiger partial charge in [0.05, 0.1) is 11.8 Å². The molecule has 0 aromatic rings. The van der Waals surface area contributed by atoms with Crippen molar-refractivity contribution in [1.29, 1.82) is 0 Å². The largest absolute Gasteiger partial charge is 0.355 e. The number of amides is 3. The van der Waals surface area contributed by atoms with Gasteiger partial charge in [-0.2, -0.15) is 0 Å². The first-order chi connectivity index (χ1) is 10.5. The number of hydrogen-bond acceptors (Lipinski definition) is 5. The Labute approximate surface area is 131 Å². The van der Waals surface area contributed by atoms with Gasteiger partial charge in [0, 0.05) is 46.2 Å². The molecule has 0 aliphatic carbocycles. The van der Waals surface area contributed by atoms with E-state index in [9.17, 15) is 14.4 Å². The van der Waals surface area contributed by atoms with E-state index in [1.54, 1.807) is 0 Å². The molecule has 1 saturated heterocycles. The van der Waals surface area contributed by atoms with Crippen molar-refractivity contribution in [3.8, 4) is 0 Å². The fourth-order valence-corrected chi connectivity index (χ4v) is 2.53. The number of likely N-dealkylation sites (N-methyl/N-ethyl adjacent to an activating group) is 1. The number of nitrogens with zero attached hydrogens (tertiary/aromatic N) is 1. The van der Waals surface area contributed by atoms with E-state index in [0.717, 1.165) is 0 Å². The maximum Gasteiger partial charge on any atom is 0.225 e. The van der Waals surface area contributed by atoms with E-state index >= 15 is 0 Å². The molecule has 8 nitrogen and oxygen atoms in total. The van der Waals surface area contributed by atoms with Gasteiger partial charge in [0.1, 0.15) is 0 Å². The molecular weight excluding hydrogens is 286 g/mol. The number of hydrogen-bond donors (Lipinski definition) is 4. The summed E-state index contributed by atoms with van der Waals surface area (Å²) in [5, 5.41) is 11.2. The molecule has 1 aliphatic rings. The molecule has 0 radical (unpaired) electrons. The van der Waals surface area contributed by atoms with Gasteiger partial charge in [-0.3, -0.25) is 14.4 Å². The molecule has 0 unspecified atom stereocenters. The Kier molecular flexibility index (Phi) is 7.83. The minimum Gasteiger partial charge on any atom is -0.355 e. The molecule has 0 bridgehead atoms. The van der Waals surface area contributed by atoms with E-state index in [1.807, 2.05) is 19.0 Å². The van der Waals surface area contributed by atoms with Crippen molar-refractivity contribution >= 4 is 17.7 Å². The van der Waals surface area contributed by atoms with Crippen molar-refractivity contribution in [2.24, 2.45) is 11.8 Å². The van der Waals surface area contributed by atoms with Gasteiger partial charge in [0.15, 0.2) is 0 Å². The second-order valence-electron chi connectivity index (χ2n) is 5.60. The molecular formula is C14H27N5O3. The van der Waals surface area contributed by atoms with Gasteiger partial charge >= 0.3 is 0 Å². The van der Waals surface area contributed by atoms with Gasteiger partial charge in [-0.05, 0) is 14.1 Å². The summed E-state index contributed by atoms with van der Waals surface area (Å²) < 4.78 is 0. The molecule has 4 N–H and O–H groups in total. The highest BCUT2D eigenvalue weighted by atomic mass is 16.2. The maximum absolute atomic E-state index is 12.2. The molecule has 1 aliphatic heterocycles. The van der Waals surface area contributed by atoms with Crippen LogP contribution in [0.3, 0.4) is 0 Å². The molecule has 3 amide bonds. The van der Waals surface area contributed by atoms with Gasteiger partial charge < -0.3 is 26.2 Å². The third-order valence-electron chi connectivity index (χ3n) is 3.65. The molecule has 126 valence electrons. The molecule has 1 heterocycles. The fraction of sp³-hybridized carbons (Fsp3) is 0.786. The minimum atomic E-state index is -0.350. The summed E-state index contributed by atoms with van der Waals surface area (Å²) in [5.74, 6) is -1.03. The van der Waals surface area contributed by atoms with E-state index in [-0.39, 0.29) is 29.6 Å². The van der Waals surface area contributed by atoms with Crippen molar-refractivity contribution in [3.05, 3.63) is 0 Å². The monoisotopic (exact) mass is 313 g/mol. The summed E-state index contributed by atoms with van der Waals surface area (Å²) >= 11 is 0. The lowest BCUT2D eigenvalue weighted by Crippen LogP contribution is -2.44. The van der Waals surface area contributed by atoms with Crippen LogP contribution in [0.4, 0.5) is 0 Å². The Bertz CT molecular complexity index is 402. The number of carbonyl (C=O) groups excluding carboxylic acids is 3. The van der Waals surface area contributed by atoms with Crippen molar-refractivity contribution in [1.82, 2.24) is 26.2 Å².